The number of amides is 1. The minimum Gasteiger partial charge on any atom is -0.284 e. The van der Waals surface area contributed by atoms with Crippen molar-refractivity contribution in [1.29, 1.82) is 0 Å². The van der Waals surface area contributed by atoms with Crippen molar-refractivity contribution < 1.29 is 4.79 Å². The van der Waals surface area contributed by atoms with E-state index >= 15 is 0 Å². The molecule has 1 unspecified atom stereocenters. The maximum absolute atomic E-state index is 12.8. The van der Waals surface area contributed by atoms with Crippen LogP contribution in [0.3, 0.4) is 0 Å². The maximum Gasteiger partial charge on any atom is 0.281 e. The summed E-state index contributed by atoms with van der Waals surface area (Å²) in [6.45, 7) is 1.74. The Morgan fingerprint density at radius 1 is 1.11 bits per heavy atom. The molecule has 4 rings (SSSR count). The van der Waals surface area contributed by atoms with E-state index in [2.05, 4.69) is 10.5 Å². The summed E-state index contributed by atoms with van der Waals surface area (Å²) in [6, 6.07) is 8.95. The fourth-order valence-corrected chi connectivity index (χ4v) is 5.12. The monoisotopic (exact) mass is 456 g/mol. The highest BCUT2D eigenvalue weighted by atomic mass is 35.5. The number of hydrogen-bond donors (Lipinski definition) is 1. The van der Waals surface area contributed by atoms with Crippen molar-refractivity contribution in [3.63, 3.8) is 0 Å². The Balaban J connectivity index is 1.61. The first kappa shape index (κ1) is 20.0. The topological polar surface area (TPSA) is 47.9 Å². The van der Waals surface area contributed by atoms with Gasteiger partial charge in [-0.3, -0.25) is 15.2 Å². The molecule has 9 heteroatoms. The molecule has 0 radical (unpaired) electrons. The number of halogens is 3. The van der Waals surface area contributed by atoms with Gasteiger partial charge < -0.3 is 0 Å². The number of nitrogens with one attached hydrogen (secondary N) is 1. The van der Waals surface area contributed by atoms with Crippen LogP contribution in [0.4, 0.5) is 5.69 Å². The third kappa shape index (κ3) is 4.31. The second-order valence-corrected chi connectivity index (χ2v) is 9.43. The summed E-state index contributed by atoms with van der Waals surface area (Å²) in [7, 11) is 0. The molecule has 0 saturated carbocycles. The minimum atomic E-state index is -0.165. The summed E-state index contributed by atoms with van der Waals surface area (Å²) in [4.78, 5) is 13.9. The van der Waals surface area contributed by atoms with Gasteiger partial charge in [-0.2, -0.15) is 5.10 Å². The van der Waals surface area contributed by atoms with Crippen LogP contribution in [-0.2, 0) is 4.79 Å². The molecule has 1 aromatic carbocycles. The SMILES string of the molecule is O=C(NN1CCCCC1)C1=NN(c2ccc(Cl)cc2Cl)C(c2ccc(Cl)s2)C1. The molecule has 1 atom stereocenters. The van der Waals surface area contributed by atoms with Crippen LogP contribution in [0.5, 0.6) is 0 Å². The van der Waals surface area contributed by atoms with E-state index in [1.165, 1.54) is 17.8 Å². The van der Waals surface area contributed by atoms with Crippen molar-refractivity contribution >= 4 is 63.4 Å². The molecule has 5 nitrogen and oxygen atoms in total. The normalized spacial score (nSPS) is 20.3. The zero-order valence-electron chi connectivity index (χ0n) is 15.0. The number of piperidine rings is 1. The first-order chi connectivity index (χ1) is 13.5. The molecule has 148 valence electrons. The Morgan fingerprint density at radius 2 is 1.89 bits per heavy atom. The van der Waals surface area contributed by atoms with Gasteiger partial charge in [0.15, 0.2) is 0 Å². The molecule has 2 aliphatic rings. The molecule has 3 heterocycles. The number of carbonyl (C=O) groups excluding carboxylic acids is 1. The lowest BCUT2D eigenvalue weighted by Gasteiger charge is -2.26. The molecule has 2 aliphatic heterocycles. The Bertz CT molecular complexity index is 910. The smallest absolute Gasteiger partial charge is 0.281 e. The van der Waals surface area contributed by atoms with Crippen LogP contribution in [-0.4, -0.2) is 29.7 Å². The van der Waals surface area contributed by atoms with Crippen LogP contribution >= 0.6 is 46.1 Å². The van der Waals surface area contributed by atoms with Gasteiger partial charge in [0.25, 0.3) is 5.91 Å². The number of hydrazine groups is 1. The highest BCUT2D eigenvalue weighted by Crippen LogP contribution is 2.42. The molecule has 0 aliphatic carbocycles. The lowest BCUT2D eigenvalue weighted by atomic mass is 10.1. The van der Waals surface area contributed by atoms with Crippen molar-refractivity contribution in [1.82, 2.24) is 10.4 Å². The predicted molar refractivity (Wildman–Crippen MR) is 117 cm³/mol. The number of rotatable bonds is 4. The third-order valence-corrected chi connectivity index (χ3v) is 6.74. The Morgan fingerprint density at radius 3 is 2.57 bits per heavy atom. The fraction of sp³-hybridized carbons (Fsp3) is 0.368. The van der Waals surface area contributed by atoms with E-state index in [-0.39, 0.29) is 11.9 Å². The standard InChI is InChI=1S/C19H19Cl3N4OS/c20-12-4-5-15(13(21)10-12)26-16(17-6-7-18(22)28-17)11-14(23-26)19(27)24-25-8-2-1-3-9-25/h4-7,10,16H,1-3,8-9,11H2,(H,24,27). The quantitative estimate of drug-likeness (QED) is 0.656. The zero-order chi connectivity index (χ0) is 19.7. The van der Waals surface area contributed by atoms with E-state index in [0.29, 0.717) is 32.2 Å². The summed E-state index contributed by atoms with van der Waals surface area (Å²) >= 11 is 20.1. The number of thiophene rings is 1. The number of hydrogen-bond acceptors (Lipinski definition) is 5. The molecule has 1 amide bonds. The molecular formula is C19H19Cl3N4OS. The number of nitrogens with zero attached hydrogens (tertiary/aromatic N) is 3. The van der Waals surface area contributed by atoms with Gasteiger partial charge in [0.1, 0.15) is 5.71 Å². The zero-order valence-corrected chi connectivity index (χ0v) is 18.1. The molecule has 28 heavy (non-hydrogen) atoms. The van der Waals surface area contributed by atoms with Crippen LogP contribution in [0.25, 0.3) is 0 Å². The highest BCUT2D eigenvalue weighted by Gasteiger charge is 2.34. The van der Waals surface area contributed by atoms with Crippen molar-refractivity contribution in [2.45, 2.75) is 31.7 Å². The number of benzene rings is 1. The Hall–Kier alpha value is -1.31. The van der Waals surface area contributed by atoms with Gasteiger partial charge in [-0.1, -0.05) is 41.2 Å². The van der Waals surface area contributed by atoms with E-state index in [9.17, 15) is 4.79 Å². The average Bonchev–Trinajstić information content (AvgIpc) is 3.29. The molecule has 1 saturated heterocycles. The van der Waals surface area contributed by atoms with Crippen molar-refractivity contribution in [2.24, 2.45) is 5.10 Å². The van der Waals surface area contributed by atoms with E-state index in [1.807, 2.05) is 23.2 Å². The van der Waals surface area contributed by atoms with Crippen LogP contribution in [0, 0.1) is 0 Å². The lowest BCUT2D eigenvalue weighted by molar-refractivity contribution is -0.119. The van der Waals surface area contributed by atoms with Crippen molar-refractivity contribution in [3.8, 4) is 0 Å². The van der Waals surface area contributed by atoms with Gasteiger partial charge in [-0.25, -0.2) is 5.01 Å². The summed E-state index contributed by atoms with van der Waals surface area (Å²) in [5.74, 6) is -0.165. The van der Waals surface area contributed by atoms with E-state index in [1.54, 1.807) is 17.1 Å². The maximum atomic E-state index is 12.8. The molecule has 2 aromatic rings. The van der Waals surface area contributed by atoms with Crippen LogP contribution in [0.15, 0.2) is 35.4 Å². The largest absolute Gasteiger partial charge is 0.284 e. The minimum absolute atomic E-state index is 0.140. The second kappa shape index (κ2) is 8.59. The molecule has 0 bridgehead atoms. The van der Waals surface area contributed by atoms with E-state index in [4.69, 9.17) is 34.8 Å². The first-order valence-electron chi connectivity index (χ1n) is 9.14. The van der Waals surface area contributed by atoms with Gasteiger partial charge in [0.2, 0.25) is 0 Å². The van der Waals surface area contributed by atoms with Gasteiger partial charge in [-0.05, 0) is 43.2 Å². The predicted octanol–water partition coefficient (Wildman–Crippen LogP) is 5.53. The van der Waals surface area contributed by atoms with Crippen LogP contribution in [0.2, 0.25) is 14.4 Å². The van der Waals surface area contributed by atoms with E-state index < -0.39 is 0 Å². The average molecular weight is 458 g/mol. The van der Waals surface area contributed by atoms with E-state index in [0.717, 1.165) is 30.8 Å². The first-order valence-corrected chi connectivity index (χ1v) is 11.1. The lowest BCUT2D eigenvalue weighted by Crippen LogP contribution is -2.47. The number of hydrazone groups is 1. The highest BCUT2D eigenvalue weighted by molar-refractivity contribution is 7.16. The van der Waals surface area contributed by atoms with Crippen LogP contribution < -0.4 is 10.4 Å². The van der Waals surface area contributed by atoms with Gasteiger partial charge in [-0.15, -0.1) is 11.3 Å². The molecule has 1 N–H and O–H groups in total. The van der Waals surface area contributed by atoms with Crippen molar-refractivity contribution in [3.05, 3.63) is 49.6 Å². The summed E-state index contributed by atoms with van der Waals surface area (Å²) < 4.78 is 0.698. The van der Waals surface area contributed by atoms with Crippen molar-refractivity contribution in [2.75, 3.05) is 18.1 Å². The van der Waals surface area contributed by atoms with Crippen LogP contribution in [0.1, 0.15) is 36.6 Å². The van der Waals surface area contributed by atoms with Gasteiger partial charge in [0.05, 0.1) is 21.1 Å². The fourth-order valence-electron chi connectivity index (χ4n) is 3.48. The summed E-state index contributed by atoms with van der Waals surface area (Å²) in [6.07, 6.45) is 3.87. The Labute approximate surface area is 182 Å². The third-order valence-electron chi connectivity index (χ3n) is 4.87. The molecular weight excluding hydrogens is 439 g/mol. The summed E-state index contributed by atoms with van der Waals surface area (Å²) in [5, 5.41) is 9.44. The van der Waals surface area contributed by atoms with Gasteiger partial charge in [0, 0.05) is 29.4 Å². The molecule has 1 aromatic heterocycles. The number of anilines is 1. The van der Waals surface area contributed by atoms with Gasteiger partial charge >= 0.3 is 0 Å². The Kier molecular flexibility index (Phi) is 6.13. The molecule has 1 fully saturated rings. The summed E-state index contributed by atoms with van der Waals surface area (Å²) in [5.41, 5.74) is 4.18. The second-order valence-electron chi connectivity index (χ2n) is 6.84. The molecule has 0 spiro atoms. The number of carbonyl (C=O) groups is 1.